The third-order valence-electron chi connectivity index (χ3n) is 4.16. The molecule has 2 aromatic rings. The molecule has 0 spiro atoms. The van der Waals surface area contributed by atoms with Crippen molar-refractivity contribution in [1.29, 1.82) is 0 Å². The number of hydrogen-bond acceptors (Lipinski definition) is 4. The highest BCUT2D eigenvalue weighted by molar-refractivity contribution is 6.31. The van der Waals surface area contributed by atoms with Gasteiger partial charge >= 0.3 is 6.18 Å². The van der Waals surface area contributed by atoms with Crippen LogP contribution in [0, 0.1) is 6.92 Å². The van der Waals surface area contributed by atoms with Gasteiger partial charge in [-0.1, -0.05) is 16.8 Å². The summed E-state index contributed by atoms with van der Waals surface area (Å²) in [6, 6.07) is 0.984. The molecule has 0 saturated carbocycles. The van der Waals surface area contributed by atoms with Gasteiger partial charge in [-0.25, -0.2) is 0 Å². The normalized spacial score (nSPS) is 14.1. The predicted octanol–water partition coefficient (Wildman–Crippen LogP) is 2.60. The van der Waals surface area contributed by atoms with Crippen LogP contribution in [0.15, 0.2) is 15.4 Å². The molecular formula is C15H13ClF3N3O3. The molecule has 0 aromatic carbocycles. The van der Waals surface area contributed by atoms with E-state index < -0.39 is 24.3 Å². The molecule has 1 amide bonds. The van der Waals surface area contributed by atoms with E-state index in [9.17, 15) is 22.8 Å². The van der Waals surface area contributed by atoms with Gasteiger partial charge in [-0.15, -0.1) is 0 Å². The Kier molecular flexibility index (Phi) is 4.14. The summed E-state index contributed by atoms with van der Waals surface area (Å²) in [4.78, 5) is 25.9. The van der Waals surface area contributed by atoms with Crippen molar-refractivity contribution in [3.63, 3.8) is 0 Å². The Hall–Kier alpha value is -2.29. The molecule has 0 fully saturated rings. The number of rotatable bonds is 2. The van der Waals surface area contributed by atoms with Crippen LogP contribution in [-0.2, 0) is 26.6 Å². The maximum Gasteiger partial charge on any atom is 0.396 e. The molecule has 0 bridgehead atoms. The summed E-state index contributed by atoms with van der Waals surface area (Å²) < 4.78 is 43.1. The maximum absolute atomic E-state index is 12.5. The SMILES string of the molecule is Cc1c2c(n(C)c(=O)c1Cl)CN(C(=O)c1cc(CC(F)(F)F)on1)C2. The number of fused-ring (bicyclic) bond motifs is 1. The third kappa shape index (κ3) is 3.15. The lowest BCUT2D eigenvalue weighted by Gasteiger charge is -2.13. The second-order valence-corrected chi connectivity index (χ2v) is 6.24. The van der Waals surface area contributed by atoms with Gasteiger partial charge in [0.1, 0.15) is 17.2 Å². The van der Waals surface area contributed by atoms with E-state index in [1.165, 1.54) is 9.47 Å². The first kappa shape index (κ1) is 17.5. The Morgan fingerprint density at radius 2 is 2.08 bits per heavy atom. The minimum Gasteiger partial charge on any atom is -0.360 e. The maximum atomic E-state index is 12.5. The molecule has 1 aliphatic rings. The number of amides is 1. The Morgan fingerprint density at radius 3 is 2.72 bits per heavy atom. The number of hydrogen-bond donors (Lipinski definition) is 0. The van der Waals surface area contributed by atoms with E-state index in [2.05, 4.69) is 9.68 Å². The minimum atomic E-state index is -4.45. The summed E-state index contributed by atoms with van der Waals surface area (Å²) in [5.41, 5.74) is 1.41. The van der Waals surface area contributed by atoms with Crippen molar-refractivity contribution in [1.82, 2.24) is 14.6 Å². The van der Waals surface area contributed by atoms with Crippen molar-refractivity contribution in [2.45, 2.75) is 32.6 Å². The van der Waals surface area contributed by atoms with Gasteiger partial charge in [-0.05, 0) is 18.1 Å². The first-order chi connectivity index (χ1) is 11.6. The van der Waals surface area contributed by atoms with Crippen molar-refractivity contribution >= 4 is 17.5 Å². The first-order valence-corrected chi connectivity index (χ1v) is 7.64. The molecule has 0 atom stereocenters. The Labute approximate surface area is 144 Å². The zero-order valence-electron chi connectivity index (χ0n) is 13.3. The van der Waals surface area contributed by atoms with E-state index in [4.69, 9.17) is 11.6 Å². The molecule has 0 saturated heterocycles. The van der Waals surface area contributed by atoms with Crippen LogP contribution in [0.4, 0.5) is 13.2 Å². The molecule has 1 aliphatic heterocycles. The average Bonchev–Trinajstić information content (AvgIpc) is 3.15. The topological polar surface area (TPSA) is 68.3 Å². The quantitative estimate of drug-likeness (QED) is 0.809. The summed E-state index contributed by atoms with van der Waals surface area (Å²) >= 11 is 6.01. The molecule has 0 aliphatic carbocycles. The number of carbonyl (C=O) groups is 1. The van der Waals surface area contributed by atoms with Crippen LogP contribution in [0.5, 0.6) is 0 Å². The van der Waals surface area contributed by atoms with E-state index in [-0.39, 0.29) is 29.4 Å². The van der Waals surface area contributed by atoms with Crippen molar-refractivity contribution in [3.05, 3.63) is 49.7 Å². The number of pyridine rings is 1. The standard InChI is InChI=1S/C15H13ClF3N3O3/c1-7-9-5-22(6-11(9)21(2)14(24)12(7)16)13(23)10-3-8(25-20-10)4-15(17,18)19/h3H,4-6H2,1-2H3. The van der Waals surface area contributed by atoms with Crippen LogP contribution in [0.2, 0.25) is 5.02 Å². The zero-order chi connectivity index (χ0) is 18.5. The van der Waals surface area contributed by atoms with Gasteiger partial charge < -0.3 is 14.0 Å². The van der Waals surface area contributed by atoms with E-state index in [1.807, 2.05) is 0 Å². The van der Waals surface area contributed by atoms with Gasteiger partial charge in [0.05, 0.1) is 6.54 Å². The zero-order valence-corrected chi connectivity index (χ0v) is 14.0. The van der Waals surface area contributed by atoms with Crippen LogP contribution >= 0.6 is 11.6 Å². The molecule has 0 radical (unpaired) electrons. The summed E-state index contributed by atoms with van der Waals surface area (Å²) in [5.74, 6) is -1.00. The van der Waals surface area contributed by atoms with E-state index in [1.54, 1.807) is 14.0 Å². The molecule has 6 nitrogen and oxygen atoms in total. The first-order valence-electron chi connectivity index (χ1n) is 7.27. The smallest absolute Gasteiger partial charge is 0.360 e. The predicted molar refractivity (Wildman–Crippen MR) is 81.3 cm³/mol. The monoisotopic (exact) mass is 375 g/mol. The molecule has 134 valence electrons. The number of nitrogens with zero attached hydrogens (tertiary/aromatic N) is 3. The van der Waals surface area contributed by atoms with Gasteiger partial charge in [-0.2, -0.15) is 13.2 Å². The van der Waals surface area contributed by atoms with Crippen molar-refractivity contribution in [3.8, 4) is 0 Å². The summed E-state index contributed by atoms with van der Waals surface area (Å²) in [6.45, 7) is 2.02. The Balaban J connectivity index is 1.85. The lowest BCUT2D eigenvalue weighted by molar-refractivity contribution is -0.130. The number of carbonyl (C=O) groups excluding carboxylic acids is 1. The molecular weight excluding hydrogens is 363 g/mol. The number of alkyl halides is 3. The van der Waals surface area contributed by atoms with Crippen LogP contribution in [0.3, 0.4) is 0 Å². The second-order valence-electron chi connectivity index (χ2n) is 5.86. The summed E-state index contributed by atoms with van der Waals surface area (Å²) in [5, 5.41) is 3.51. The lowest BCUT2D eigenvalue weighted by Crippen LogP contribution is -2.26. The minimum absolute atomic E-state index is 0.0875. The van der Waals surface area contributed by atoms with Gasteiger partial charge in [0.15, 0.2) is 5.69 Å². The molecule has 3 heterocycles. The molecule has 2 aromatic heterocycles. The van der Waals surface area contributed by atoms with E-state index in [0.29, 0.717) is 11.3 Å². The largest absolute Gasteiger partial charge is 0.396 e. The van der Waals surface area contributed by atoms with Crippen molar-refractivity contribution in [2.24, 2.45) is 7.05 Å². The van der Waals surface area contributed by atoms with Gasteiger partial charge in [0.25, 0.3) is 11.5 Å². The highest BCUT2D eigenvalue weighted by Gasteiger charge is 2.33. The van der Waals surface area contributed by atoms with Crippen molar-refractivity contribution < 1.29 is 22.5 Å². The molecule has 0 N–H and O–H groups in total. The van der Waals surface area contributed by atoms with Gasteiger partial charge in [0.2, 0.25) is 0 Å². The summed E-state index contributed by atoms with van der Waals surface area (Å²) in [7, 11) is 1.55. The number of aromatic nitrogens is 2. The van der Waals surface area contributed by atoms with E-state index >= 15 is 0 Å². The van der Waals surface area contributed by atoms with Crippen LogP contribution in [0.25, 0.3) is 0 Å². The lowest BCUT2D eigenvalue weighted by atomic mass is 10.1. The van der Waals surface area contributed by atoms with Crippen LogP contribution < -0.4 is 5.56 Å². The average molecular weight is 376 g/mol. The molecule has 10 heteroatoms. The molecule has 25 heavy (non-hydrogen) atoms. The molecule has 0 unspecified atom stereocenters. The van der Waals surface area contributed by atoms with Crippen LogP contribution in [-0.4, -0.2) is 26.7 Å². The Bertz CT molecular complexity index is 917. The fraction of sp³-hybridized carbons (Fsp3) is 0.400. The fourth-order valence-corrected chi connectivity index (χ4v) is 3.06. The number of halogens is 4. The fourth-order valence-electron chi connectivity index (χ4n) is 2.82. The summed E-state index contributed by atoms with van der Waals surface area (Å²) in [6.07, 6.45) is -5.74. The highest BCUT2D eigenvalue weighted by atomic mass is 35.5. The highest BCUT2D eigenvalue weighted by Crippen LogP contribution is 2.29. The van der Waals surface area contributed by atoms with E-state index in [0.717, 1.165) is 11.6 Å². The van der Waals surface area contributed by atoms with Gasteiger partial charge in [0, 0.05) is 25.4 Å². The Morgan fingerprint density at radius 1 is 1.40 bits per heavy atom. The molecule has 3 rings (SSSR count). The van der Waals surface area contributed by atoms with Crippen molar-refractivity contribution in [2.75, 3.05) is 0 Å². The third-order valence-corrected chi connectivity index (χ3v) is 4.60. The van der Waals surface area contributed by atoms with Gasteiger partial charge in [-0.3, -0.25) is 9.59 Å². The van der Waals surface area contributed by atoms with Crippen LogP contribution in [0.1, 0.15) is 33.1 Å². The second kappa shape index (κ2) is 5.91.